The van der Waals surface area contributed by atoms with E-state index >= 15 is 0 Å². The minimum Gasteiger partial charge on any atom is -0.461 e. The molecular weight excluding hydrogens is 450 g/mol. The van der Waals surface area contributed by atoms with Crippen molar-refractivity contribution in [2.45, 2.75) is 31.1 Å². The van der Waals surface area contributed by atoms with Crippen molar-refractivity contribution in [2.24, 2.45) is 0 Å². The van der Waals surface area contributed by atoms with Gasteiger partial charge < -0.3 is 4.74 Å². The molecule has 1 atom stereocenters. The van der Waals surface area contributed by atoms with Gasteiger partial charge >= 0.3 is 0 Å². The highest BCUT2D eigenvalue weighted by Crippen LogP contribution is 2.62. The highest BCUT2D eigenvalue weighted by atomic mass is 35.5. The second-order valence-corrected chi connectivity index (χ2v) is 10.0. The summed E-state index contributed by atoms with van der Waals surface area (Å²) in [5.41, 5.74) is 10.2. The van der Waals surface area contributed by atoms with E-state index in [0.717, 1.165) is 58.9 Å². The van der Waals surface area contributed by atoms with E-state index in [2.05, 4.69) is 66.8 Å². The number of benzene rings is 3. The van der Waals surface area contributed by atoms with E-state index in [1.807, 2.05) is 24.3 Å². The van der Waals surface area contributed by atoms with Gasteiger partial charge in [-0.2, -0.15) is 5.26 Å². The fourth-order valence-electron chi connectivity index (χ4n) is 6.30. The van der Waals surface area contributed by atoms with Gasteiger partial charge in [-0.05, 0) is 83.0 Å². The fraction of sp³-hybridized carbons (Fsp3) is 0.156. The zero-order valence-corrected chi connectivity index (χ0v) is 19.9. The molecule has 2 nitrogen and oxygen atoms in total. The van der Waals surface area contributed by atoms with Crippen molar-refractivity contribution in [2.75, 3.05) is 0 Å². The van der Waals surface area contributed by atoms with Crippen molar-refractivity contribution < 1.29 is 4.74 Å². The summed E-state index contributed by atoms with van der Waals surface area (Å²) in [4.78, 5) is 0. The maximum absolute atomic E-state index is 9.23. The van der Waals surface area contributed by atoms with E-state index in [0.29, 0.717) is 5.56 Å². The lowest BCUT2D eigenvalue weighted by Gasteiger charge is -2.42. The molecule has 0 amide bonds. The quantitative estimate of drug-likeness (QED) is 0.358. The third kappa shape index (κ3) is 2.83. The maximum Gasteiger partial charge on any atom is 0.131 e. The van der Waals surface area contributed by atoms with Gasteiger partial charge in [0.1, 0.15) is 11.5 Å². The predicted octanol–water partition coefficient (Wildman–Crippen LogP) is 8.19. The first kappa shape index (κ1) is 20.6. The second-order valence-electron chi connectivity index (χ2n) is 9.56. The van der Waals surface area contributed by atoms with Crippen molar-refractivity contribution in [1.82, 2.24) is 0 Å². The molecule has 1 unspecified atom stereocenters. The molecule has 0 aromatic heterocycles. The number of rotatable bonds is 1. The van der Waals surface area contributed by atoms with Gasteiger partial charge in [-0.25, -0.2) is 0 Å². The summed E-state index contributed by atoms with van der Waals surface area (Å²) in [6, 6.07) is 25.4. The molecule has 0 saturated carbocycles. The normalized spacial score (nSPS) is 21.5. The molecule has 7 rings (SSSR count). The Morgan fingerprint density at radius 3 is 2.54 bits per heavy atom. The minimum atomic E-state index is -0.449. The van der Waals surface area contributed by atoms with Gasteiger partial charge in [-0.1, -0.05) is 66.2 Å². The minimum absolute atomic E-state index is 0.449. The highest BCUT2D eigenvalue weighted by Gasteiger charge is 2.53. The fourth-order valence-corrected chi connectivity index (χ4v) is 6.50. The van der Waals surface area contributed by atoms with Crippen LogP contribution in [0.4, 0.5) is 0 Å². The summed E-state index contributed by atoms with van der Waals surface area (Å²) in [6.07, 6.45) is 10.5. The second kappa shape index (κ2) is 7.60. The van der Waals surface area contributed by atoms with Gasteiger partial charge in [-0.3, -0.25) is 0 Å². The number of ether oxygens (including phenoxy) is 1. The zero-order chi connectivity index (χ0) is 23.6. The van der Waals surface area contributed by atoms with Gasteiger partial charge in [0, 0.05) is 22.6 Å². The Labute approximate surface area is 210 Å². The first-order chi connectivity index (χ1) is 17.2. The molecule has 3 heteroatoms. The summed E-state index contributed by atoms with van der Waals surface area (Å²) in [5.74, 6) is 1.94. The van der Waals surface area contributed by atoms with Crippen LogP contribution in [0.15, 0.2) is 107 Å². The number of halogens is 1. The van der Waals surface area contributed by atoms with Gasteiger partial charge in [0.2, 0.25) is 0 Å². The van der Waals surface area contributed by atoms with Crippen LogP contribution in [0, 0.1) is 11.3 Å². The van der Waals surface area contributed by atoms with Gasteiger partial charge in [0.05, 0.1) is 17.0 Å². The van der Waals surface area contributed by atoms with Crippen LogP contribution in [-0.2, 0) is 5.41 Å². The van der Waals surface area contributed by atoms with E-state index in [1.54, 1.807) is 0 Å². The van der Waals surface area contributed by atoms with Crippen LogP contribution in [0.3, 0.4) is 0 Å². The summed E-state index contributed by atoms with van der Waals surface area (Å²) in [6.45, 7) is 0. The summed E-state index contributed by atoms with van der Waals surface area (Å²) in [7, 11) is 0. The molecule has 4 aliphatic rings. The first-order valence-corrected chi connectivity index (χ1v) is 12.5. The smallest absolute Gasteiger partial charge is 0.131 e. The molecule has 0 fully saturated rings. The van der Waals surface area contributed by atoms with Crippen molar-refractivity contribution in [3.63, 3.8) is 0 Å². The molecule has 0 N–H and O–H groups in total. The Hall–Kier alpha value is -3.80. The average Bonchev–Trinajstić information content (AvgIpc) is 3.20. The third-order valence-electron chi connectivity index (χ3n) is 7.79. The van der Waals surface area contributed by atoms with Crippen LogP contribution in [-0.4, -0.2) is 0 Å². The van der Waals surface area contributed by atoms with Crippen LogP contribution >= 0.6 is 11.6 Å². The molecule has 0 bridgehead atoms. The van der Waals surface area contributed by atoms with Crippen molar-refractivity contribution >= 4 is 17.2 Å². The molecular formula is C32H22ClNO. The van der Waals surface area contributed by atoms with E-state index in [1.165, 1.54) is 27.8 Å². The SMILES string of the molecule is N#Cc1ccc(-c2ccc3c(c2)C2(C4=C(CCC(Cl)=C4)O3)C3=C(CCC=C3)c3ccccc32)cc1. The van der Waals surface area contributed by atoms with Crippen molar-refractivity contribution in [1.29, 1.82) is 5.26 Å². The number of nitriles is 1. The Balaban J connectivity index is 1.56. The topological polar surface area (TPSA) is 33.0 Å². The Morgan fingerprint density at radius 2 is 1.69 bits per heavy atom. The lowest BCUT2D eigenvalue weighted by molar-refractivity contribution is 0.363. The van der Waals surface area contributed by atoms with Crippen molar-refractivity contribution in [3.8, 4) is 22.9 Å². The van der Waals surface area contributed by atoms with E-state index < -0.39 is 5.41 Å². The average molecular weight is 472 g/mol. The predicted molar refractivity (Wildman–Crippen MR) is 140 cm³/mol. The van der Waals surface area contributed by atoms with E-state index in [9.17, 15) is 5.26 Å². The first-order valence-electron chi connectivity index (χ1n) is 12.1. The molecule has 1 aliphatic heterocycles. The molecule has 3 aromatic rings. The van der Waals surface area contributed by atoms with Gasteiger partial charge in [0.15, 0.2) is 0 Å². The van der Waals surface area contributed by atoms with Crippen molar-refractivity contribution in [3.05, 3.63) is 129 Å². The van der Waals surface area contributed by atoms with Crippen LogP contribution < -0.4 is 4.74 Å². The maximum atomic E-state index is 9.23. The largest absolute Gasteiger partial charge is 0.461 e. The molecule has 168 valence electrons. The van der Waals surface area contributed by atoms with E-state index in [-0.39, 0.29) is 0 Å². The molecule has 35 heavy (non-hydrogen) atoms. The van der Waals surface area contributed by atoms with Crippen LogP contribution in [0.2, 0.25) is 0 Å². The summed E-state index contributed by atoms with van der Waals surface area (Å²) >= 11 is 6.69. The monoisotopic (exact) mass is 471 g/mol. The molecule has 0 saturated heterocycles. The number of hydrogen-bond donors (Lipinski definition) is 0. The van der Waals surface area contributed by atoms with Crippen LogP contribution in [0.1, 0.15) is 47.9 Å². The Bertz CT molecular complexity index is 1580. The number of nitrogens with zero attached hydrogens (tertiary/aromatic N) is 1. The standard InChI is InChI=1S/C32H22ClNO/c33-23-14-16-31-29(18-23)32(26-7-3-1-5-24(26)25-6-2-4-8-27(25)32)28-17-22(13-15-30(28)35-31)21-11-9-20(19-34)10-12-21/h1,3-5,7-13,15,17-18H,2,6,14,16H2. The molecule has 3 aliphatic carbocycles. The Morgan fingerprint density at radius 1 is 0.857 bits per heavy atom. The zero-order valence-electron chi connectivity index (χ0n) is 19.1. The number of fused-ring (bicyclic) bond motifs is 7. The Kier molecular flexibility index (Phi) is 4.47. The number of allylic oxidation sites excluding steroid dienone is 8. The van der Waals surface area contributed by atoms with E-state index in [4.69, 9.17) is 16.3 Å². The summed E-state index contributed by atoms with van der Waals surface area (Å²) < 4.78 is 6.58. The van der Waals surface area contributed by atoms with Crippen LogP contribution in [0.5, 0.6) is 5.75 Å². The highest BCUT2D eigenvalue weighted by molar-refractivity contribution is 6.30. The molecule has 3 aromatic carbocycles. The molecule has 1 spiro atoms. The lowest BCUT2D eigenvalue weighted by Crippen LogP contribution is -2.36. The van der Waals surface area contributed by atoms with Crippen LogP contribution in [0.25, 0.3) is 16.7 Å². The van der Waals surface area contributed by atoms with Gasteiger partial charge in [0.25, 0.3) is 0 Å². The molecule has 0 radical (unpaired) electrons. The van der Waals surface area contributed by atoms with Gasteiger partial charge in [-0.15, -0.1) is 0 Å². The molecule has 1 heterocycles. The third-order valence-corrected chi connectivity index (χ3v) is 8.09. The summed E-state index contributed by atoms with van der Waals surface area (Å²) in [5, 5.41) is 10.1. The lowest BCUT2D eigenvalue weighted by atomic mass is 9.63. The number of hydrogen-bond acceptors (Lipinski definition) is 2.